The molecule has 0 aliphatic carbocycles. The van der Waals surface area contributed by atoms with E-state index >= 15 is 0 Å². The summed E-state index contributed by atoms with van der Waals surface area (Å²) >= 11 is 7.55. The van der Waals surface area contributed by atoms with Crippen LogP contribution in [-0.2, 0) is 9.53 Å². The maximum Gasteiger partial charge on any atom is 0.310 e. The van der Waals surface area contributed by atoms with Crippen molar-refractivity contribution in [1.29, 1.82) is 0 Å². The first-order chi connectivity index (χ1) is 14.0. The fourth-order valence-corrected chi connectivity index (χ4v) is 5.04. The average Bonchev–Trinajstić information content (AvgIpc) is 3.28. The summed E-state index contributed by atoms with van der Waals surface area (Å²) in [6.45, 7) is 5.15. The van der Waals surface area contributed by atoms with Gasteiger partial charge in [-0.2, -0.15) is 5.10 Å². The molecule has 6 nitrogen and oxygen atoms in total. The number of hydrogen-bond acceptors (Lipinski definition) is 5. The van der Waals surface area contributed by atoms with Crippen molar-refractivity contribution >= 4 is 45.0 Å². The molecule has 3 heterocycles. The summed E-state index contributed by atoms with van der Waals surface area (Å²) < 4.78 is 6.97. The van der Waals surface area contributed by atoms with Crippen LogP contribution < -0.4 is 0 Å². The number of nitrogens with zero attached hydrogens (tertiary/aromatic N) is 3. The Hall–Kier alpha value is -2.38. The van der Waals surface area contributed by atoms with E-state index in [0.29, 0.717) is 29.6 Å². The molecule has 1 atom stereocenters. The van der Waals surface area contributed by atoms with Crippen LogP contribution in [0.3, 0.4) is 0 Å². The number of aromatic nitrogens is 2. The van der Waals surface area contributed by atoms with Gasteiger partial charge < -0.3 is 9.64 Å². The fourth-order valence-electron chi connectivity index (χ4n) is 3.71. The molecule has 4 rings (SSSR count). The van der Waals surface area contributed by atoms with Crippen molar-refractivity contribution in [2.24, 2.45) is 5.92 Å². The monoisotopic (exact) mass is 431 g/mol. The molecule has 2 aromatic heterocycles. The second-order valence-electron chi connectivity index (χ2n) is 7.15. The number of fused-ring (bicyclic) bond motifs is 1. The Morgan fingerprint density at radius 2 is 2.17 bits per heavy atom. The number of benzene rings is 1. The SMILES string of the molecule is CCOC(=O)[C@@H]1CCCN(C(=O)c2cc3c(C)nn(-c4cccc(Cl)c4)c3s2)C1. The lowest BCUT2D eigenvalue weighted by atomic mass is 9.98. The summed E-state index contributed by atoms with van der Waals surface area (Å²) in [6, 6.07) is 9.39. The Labute approximate surface area is 178 Å². The lowest BCUT2D eigenvalue weighted by Gasteiger charge is -2.31. The van der Waals surface area contributed by atoms with E-state index in [1.165, 1.54) is 11.3 Å². The van der Waals surface area contributed by atoms with Gasteiger partial charge in [-0.25, -0.2) is 4.68 Å². The van der Waals surface area contributed by atoms with Gasteiger partial charge in [-0.3, -0.25) is 9.59 Å². The van der Waals surface area contributed by atoms with Gasteiger partial charge in [-0.05, 0) is 51.0 Å². The van der Waals surface area contributed by atoms with Crippen molar-refractivity contribution in [3.05, 3.63) is 45.9 Å². The molecule has 1 saturated heterocycles. The number of esters is 1. The lowest BCUT2D eigenvalue weighted by Crippen LogP contribution is -2.42. The van der Waals surface area contributed by atoms with Gasteiger partial charge in [0.2, 0.25) is 0 Å². The number of carbonyl (C=O) groups excluding carboxylic acids is 2. The number of halogens is 1. The van der Waals surface area contributed by atoms with E-state index < -0.39 is 0 Å². The molecule has 1 aliphatic rings. The highest BCUT2D eigenvalue weighted by Gasteiger charge is 2.31. The standard InChI is InChI=1S/C21H22ClN3O3S/c1-3-28-21(27)14-6-5-9-24(12-14)19(26)18-11-17-13(2)23-25(20(17)29-18)16-8-4-7-15(22)10-16/h4,7-8,10-11,14H,3,5-6,9,12H2,1-2H3/t14-/m1/s1. The minimum atomic E-state index is -0.245. The van der Waals surface area contributed by atoms with Crippen molar-refractivity contribution < 1.29 is 14.3 Å². The molecule has 0 spiro atoms. The van der Waals surface area contributed by atoms with E-state index in [9.17, 15) is 9.59 Å². The van der Waals surface area contributed by atoms with Crippen LogP contribution in [0.25, 0.3) is 15.9 Å². The highest BCUT2D eigenvalue weighted by atomic mass is 35.5. The molecule has 1 aliphatic heterocycles. The molecule has 8 heteroatoms. The number of aryl methyl sites for hydroxylation is 1. The zero-order valence-corrected chi connectivity index (χ0v) is 17.9. The lowest BCUT2D eigenvalue weighted by molar-refractivity contribution is -0.149. The van der Waals surface area contributed by atoms with Crippen LogP contribution in [0.4, 0.5) is 0 Å². The molecular formula is C21H22ClN3O3S. The van der Waals surface area contributed by atoms with Crippen molar-refractivity contribution in [2.75, 3.05) is 19.7 Å². The predicted octanol–water partition coefficient (Wildman–Crippen LogP) is 4.46. The zero-order valence-electron chi connectivity index (χ0n) is 16.4. The average molecular weight is 432 g/mol. The van der Waals surface area contributed by atoms with Crippen LogP contribution >= 0.6 is 22.9 Å². The number of amides is 1. The van der Waals surface area contributed by atoms with E-state index in [1.54, 1.807) is 11.8 Å². The highest BCUT2D eigenvalue weighted by molar-refractivity contribution is 7.20. The molecule has 1 amide bonds. The number of piperidine rings is 1. The number of carbonyl (C=O) groups is 2. The number of thiophene rings is 1. The maximum atomic E-state index is 13.1. The third-order valence-corrected chi connectivity index (χ3v) is 6.47. The van der Waals surface area contributed by atoms with Gasteiger partial charge in [0.1, 0.15) is 4.83 Å². The number of likely N-dealkylation sites (tertiary alicyclic amines) is 1. The predicted molar refractivity (Wildman–Crippen MR) is 114 cm³/mol. The smallest absolute Gasteiger partial charge is 0.310 e. The molecule has 152 valence electrons. The van der Waals surface area contributed by atoms with Crippen molar-refractivity contribution in [2.45, 2.75) is 26.7 Å². The highest BCUT2D eigenvalue weighted by Crippen LogP contribution is 2.32. The quantitative estimate of drug-likeness (QED) is 0.572. The van der Waals surface area contributed by atoms with Crippen LogP contribution in [-0.4, -0.2) is 46.3 Å². The molecule has 1 fully saturated rings. The Morgan fingerprint density at radius 1 is 1.34 bits per heavy atom. The largest absolute Gasteiger partial charge is 0.466 e. The fraction of sp³-hybridized carbons (Fsp3) is 0.381. The van der Waals surface area contributed by atoms with E-state index in [-0.39, 0.29) is 17.8 Å². The van der Waals surface area contributed by atoms with Gasteiger partial charge in [-0.1, -0.05) is 17.7 Å². The van der Waals surface area contributed by atoms with Gasteiger partial charge in [0.25, 0.3) is 5.91 Å². The summed E-state index contributed by atoms with van der Waals surface area (Å²) in [7, 11) is 0. The molecule has 1 aromatic carbocycles. The third kappa shape index (κ3) is 3.89. The van der Waals surface area contributed by atoms with Crippen LogP contribution in [0.2, 0.25) is 5.02 Å². The molecule has 0 radical (unpaired) electrons. The van der Waals surface area contributed by atoms with Crippen molar-refractivity contribution in [3.63, 3.8) is 0 Å². The topological polar surface area (TPSA) is 64.4 Å². The first-order valence-corrected chi connectivity index (χ1v) is 10.9. The Morgan fingerprint density at radius 3 is 2.93 bits per heavy atom. The molecule has 3 aromatic rings. The summed E-state index contributed by atoms with van der Waals surface area (Å²) in [6.07, 6.45) is 1.56. The van der Waals surface area contributed by atoms with Crippen LogP contribution in [0.5, 0.6) is 0 Å². The second-order valence-corrected chi connectivity index (χ2v) is 8.62. The van der Waals surface area contributed by atoms with Gasteiger partial charge in [0, 0.05) is 23.5 Å². The summed E-state index contributed by atoms with van der Waals surface area (Å²) in [5.74, 6) is -0.503. The Kier molecular flexibility index (Phi) is 5.61. The summed E-state index contributed by atoms with van der Waals surface area (Å²) in [4.78, 5) is 28.6. The minimum absolute atomic E-state index is 0.0442. The van der Waals surface area contributed by atoms with Crippen LogP contribution in [0.1, 0.15) is 35.1 Å². The number of ether oxygens (including phenoxy) is 1. The molecule has 0 unspecified atom stereocenters. The third-order valence-electron chi connectivity index (χ3n) is 5.14. The van der Waals surface area contributed by atoms with Gasteiger partial charge in [0.05, 0.1) is 28.8 Å². The molecule has 0 saturated carbocycles. The van der Waals surface area contributed by atoms with Gasteiger partial charge in [-0.15, -0.1) is 11.3 Å². The first-order valence-electron chi connectivity index (χ1n) is 9.69. The Balaban J connectivity index is 1.62. The zero-order chi connectivity index (χ0) is 20.5. The Bertz CT molecular complexity index is 1070. The number of hydrogen-bond donors (Lipinski definition) is 0. The summed E-state index contributed by atoms with van der Waals surface area (Å²) in [5, 5.41) is 6.20. The molecule has 0 N–H and O–H groups in total. The van der Waals surface area contributed by atoms with Crippen molar-refractivity contribution in [3.8, 4) is 5.69 Å². The van der Waals surface area contributed by atoms with Gasteiger partial charge >= 0.3 is 5.97 Å². The first kappa shape index (κ1) is 19.9. The molecule has 29 heavy (non-hydrogen) atoms. The van der Waals surface area contributed by atoms with Crippen LogP contribution in [0.15, 0.2) is 30.3 Å². The maximum absolute atomic E-state index is 13.1. The normalized spacial score (nSPS) is 16.9. The summed E-state index contributed by atoms with van der Waals surface area (Å²) in [5.41, 5.74) is 1.72. The minimum Gasteiger partial charge on any atom is -0.466 e. The van der Waals surface area contributed by atoms with E-state index in [0.717, 1.165) is 34.4 Å². The second kappa shape index (κ2) is 8.16. The molecule has 0 bridgehead atoms. The molecular weight excluding hydrogens is 410 g/mol. The van der Waals surface area contributed by atoms with E-state index in [2.05, 4.69) is 5.10 Å². The van der Waals surface area contributed by atoms with Gasteiger partial charge in [0.15, 0.2) is 0 Å². The number of rotatable bonds is 4. The van der Waals surface area contributed by atoms with Crippen molar-refractivity contribution in [1.82, 2.24) is 14.7 Å². The van der Waals surface area contributed by atoms with E-state index in [4.69, 9.17) is 16.3 Å². The van der Waals surface area contributed by atoms with Crippen LogP contribution in [0, 0.1) is 12.8 Å². The van der Waals surface area contributed by atoms with E-state index in [1.807, 2.05) is 41.9 Å².